The van der Waals surface area contributed by atoms with Gasteiger partial charge in [0.15, 0.2) is 0 Å². The number of amides is 1. The van der Waals surface area contributed by atoms with Crippen LogP contribution in [0.3, 0.4) is 0 Å². The fourth-order valence-electron chi connectivity index (χ4n) is 7.62. The van der Waals surface area contributed by atoms with Gasteiger partial charge in [0, 0.05) is 23.3 Å². The normalized spacial score (nSPS) is 12.0. The Labute approximate surface area is 384 Å². The predicted octanol–water partition coefficient (Wildman–Crippen LogP) is 12.2. The van der Waals surface area contributed by atoms with Crippen molar-refractivity contribution >= 4 is 39.2 Å². The van der Waals surface area contributed by atoms with Gasteiger partial charge in [0.25, 0.3) is 0 Å². The largest absolute Gasteiger partial charge is 0.488 e. The van der Waals surface area contributed by atoms with Gasteiger partial charge >= 0.3 is 5.97 Å². The summed E-state index contributed by atoms with van der Waals surface area (Å²) in [5.41, 5.74) is 7.73. The molecule has 0 fully saturated rings. The molecule has 0 N–H and O–H groups in total. The molecule has 6 rings (SSSR count). The monoisotopic (exact) mass is 898 g/mol. The van der Waals surface area contributed by atoms with E-state index in [-0.39, 0.29) is 53.3 Å². The smallest absolute Gasteiger partial charge is 0.342 e. The molecule has 334 valence electrons. The highest BCUT2D eigenvalue weighted by Gasteiger charge is 2.33. The van der Waals surface area contributed by atoms with Gasteiger partial charge in [-0.3, -0.25) is 4.79 Å². The quantitative estimate of drug-likeness (QED) is 0.0953. The molecule has 8 nitrogen and oxygen atoms in total. The molecule has 0 aliphatic carbocycles. The van der Waals surface area contributed by atoms with Gasteiger partial charge in [0.1, 0.15) is 24.5 Å². The third-order valence-corrected chi connectivity index (χ3v) is 13.4. The van der Waals surface area contributed by atoms with E-state index in [0.717, 1.165) is 33.4 Å². The lowest BCUT2D eigenvalue weighted by Crippen LogP contribution is -2.43. The van der Waals surface area contributed by atoms with Crippen LogP contribution >= 0.6 is 11.6 Å². The lowest BCUT2D eigenvalue weighted by atomic mass is 9.79. The molecule has 0 atom stereocenters. The maximum atomic E-state index is 15.3. The number of sulfonamides is 1. The van der Waals surface area contributed by atoms with Crippen LogP contribution in [-0.4, -0.2) is 31.1 Å². The number of anilines is 1. The Hall–Kier alpha value is -5.74. The van der Waals surface area contributed by atoms with Gasteiger partial charge < -0.3 is 14.4 Å². The van der Waals surface area contributed by atoms with Crippen LogP contribution < -0.4 is 9.64 Å². The number of hydrogen-bond donors (Lipinski definition) is 0. The summed E-state index contributed by atoms with van der Waals surface area (Å²) in [5.74, 6) is -0.854. The Morgan fingerprint density at radius 3 is 1.70 bits per heavy atom. The molecule has 0 aliphatic rings. The molecule has 0 saturated heterocycles. The molecule has 0 aromatic heterocycles. The van der Waals surface area contributed by atoms with Crippen LogP contribution in [0.5, 0.6) is 5.75 Å². The summed E-state index contributed by atoms with van der Waals surface area (Å²) in [6.45, 7) is 18.1. The highest BCUT2D eigenvalue weighted by Crippen LogP contribution is 2.34. The van der Waals surface area contributed by atoms with E-state index in [4.69, 9.17) is 21.1 Å². The second-order valence-electron chi connectivity index (χ2n) is 18.5. The van der Waals surface area contributed by atoms with Crippen molar-refractivity contribution in [2.75, 3.05) is 11.4 Å². The Balaban J connectivity index is 1.48. The molecule has 0 radical (unpaired) electrons. The van der Waals surface area contributed by atoms with Crippen molar-refractivity contribution in [1.82, 2.24) is 4.31 Å². The standard InChI is InChI=1S/C54H59ClN2O6S/c1-37-26-38(2)51(39(3)27-37)64(60,61)56(32-40-20-22-46(55)23-21-40)34-50(58)57(33-43-28-44(53(4,5)6)30-45(29-43)54(7,8)9)47-24-25-48(52(59)63-36-42-18-14-11-15-19-42)49(31-47)62-35-41-16-12-10-13-17-41/h10-31H,32-36H2,1-9H3. The maximum absolute atomic E-state index is 15.3. The van der Waals surface area contributed by atoms with E-state index in [1.807, 2.05) is 79.7 Å². The number of esters is 1. The average molecular weight is 900 g/mol. The molecule has 0 unspecified atom stereocenters. The van der Waals surface area contributed by atoms with E-state index in [9.17, 15) is 13.2 Å². The summed E-state index contributed by atoms with van der Waals surface area (Å²) < 4.78 is 43.3. The molecule has 1 amide bonds. The van der Waals surface area contributed by atoms with Crippen molar-refractivity contribution in [2.24, 2.45) is 0 Å². The van der Waals surface area contributed by atoms with Crippen LogP contribution in [0.25, 0.3) is 0 Å². The Morgan fingerprint density at radius 1 is 0.609 bits per heavy atom. The first-order valence-corrected chi connectivity index (χ1v) is 23.3. The summed E-state index contributed by atoms with van der Waals surface area (Å²) in [5, 5.41) is 0.510. The van der Waals surface area contributed by atoms with Gasteiger partial charge in [-0.15, -0.1) is 0 Å². The lowest BCUT2D eigenvalue weighted by Gasteiger charge is -2.30. The first-order chi connectivity index (χ1) is 30.2. The van der Waals surface area contributed by atoms with E-state index in [0.29, 0.717) is 27.4 Å². The van der Waals surface area contributed by atoms with Crippen molar-refractivity contribution in [3.8, 4) is 5.75 Å². The second kappa shape index (κ2) is 20.0. The van der Waals surface area contributed by atoms with Crippen LogP contribution in [-0.2, 0) is 56.7 Å². The van der Waals surface area contributed by atoms with Gasteiger partial charge in [-0.25, -0.2) is 13.2 Å². The van der Waals surface area contributed by atoms with Crippen molar-refractivity contribution in [1.29, 1.82) is 0 Å². The molecule has 10 heteroatoms. The van der Waals surface area contributed by atoms with Gasteiger partial charge in [-0.2, -0.15) is 4.31 Å². The van der Waals surface area contributed by atoms with Crippen LogP contribution in [0.4, 0.5) is 5.69 Å². The number of aryl methyl sites for hydroxylation is 3. The number of halogens is 1. The fraction of sp³-hybridized carbons (Fsp3) is 0.296. The molecular formula is C54H59ClN2O6S. The molecular weight excluding hydrogens is 840 g/mol. The Bertz CT molecular complexity index is 2650. The van der Waals surface area contributed by atoms with E-state index in [1.165, 1.54) is 4.31 Å². The Kier molecular flexibility index (Phi) is 14.9. The Morgan fingerprint density at radius 2 is 1.16 bits per heavy atom. The predicted molar refractivity (Wildman–Crippen MR) is 258 cm³/mol. The zero-order valence-electron chi connectivity index (χ0n) is 38.4. The third kappa shape index (κ3) is 12.1. The van der Waals surface area contributed by atoms with Gasteiger partial charge in [-0.1, -0.05) is 162 Å². The summed E-state index contributed by atoms with van der Waals surface area (Å²) >= 11 is 6.25. The molecule has 0 heterocycles. The lowest BCUT2D eigenvalue weighted by molar-refractivity contribution is -0.119. The number of hydrogen-bond acceptors (Lipinski definition) is 6. The topological polar surface area (TPSA) is 93.2 Å². The number of carbonyl (C=O) groups excluding carboxylic acids is 2. The maximum Gasteiger partial charge on any atom is 0.342 e. The second-order valence-corrected chi connectivity index (χ2v) is 20.9. The molecule has 64 heavy (non-hydrogen) atoms. The SMILES string of the molecule is Cc1cc(C)c(S(=O)(=O)N(CC(=O)N(Cc2cc(C(C)(C)C)cc(C(C)(C)C)c2)c2ccc(C(=O)OCc3ccccc3)c(OCc3ccccc3)c2)Cc2ccc(Cl)cc2)c(C)c1. The highest BCUT2D eigenvalue weighted by atomic mass is 35.5. The third-order valence-electron chi connectivity index (χ3n) is 11.1. The first-order valence-electron chi connectivity index (χ1n) is 21.5. The molecule has 0 saturated carbocycles. The molecule has 6 aromatic rings. The molecule has 6 aromatic carbocycles. The average Bonchev–Trinajstić information content (AvgIpc) is 3.24. The number of benzene rings is 6. The number of rotatable bonds is 15. The summed E-state index contributed by atoms with van der Waals surface area (Å²) in [4.78, 5) is 30.9. The van der Waals surface area contributed by atoms with Gasteiger partial charge in [0.05, 0.1) is 18.0 Å². The van der Waals surface area contributed by atoms with E-state index in [1.54, 1.807) is 61.2 Å². The van der Waals surface area contributed by atoms with E-state index >= 15 is 4.79 Å². The summed E-state index contributed by atoms with van der Waals surface area (Å²) in [6.07, 6.45) is 0. The minimum atomic E-state index is -4.25. The van der Waals surface area contributed by atoms with Crippen molar-refractivity contribution in [3.63, 3.8) is 0 Å². The van der Waals surface area contributed by atoms with Gasteiger partial charge in [0.2, 0.25) is 15.9 Å². The number of ether oxygens (including phenoxy) is 2. The molecule has 0 spiro atoms. The van der Waals surface area contributed by atoms with E-state index < -0.39 is 28.4 Å². The van der Waals surface area contributed by atoms with E-state index in [2.05, 4.69) is 59.7 Å². The van der Waals surface area contributed by atoms with Crippen LogP contribution in [0.1, 0.15) is 102 Å². The highest BCUT2D eigenvalue weighted by molar-refractivity contribution is 7.89. The minimum Gasteiger partial charge on any atom is -0.488 e. The number of nitrogens with zero attached hydrogens (tertiary/aromatic N) is 2. The minimum absolute atomic E-state index is 0.0578. The fourth-order valence-corrected chi connectivity index (χ4v) is 9.53. The van der Waals surface area contributed by atoms with Crippen LogP contribution in [0, 0.1) is 20.8 Å². The zero-order chi connectivity index (χ0) is 46.4. The zero-order valence-corrected chi connectivity index (χ0v) is 39.9. The molecule has 0 aliphatic heterocycles. The summed E-state index contributed by atoms with van der Waals surface area (Å²) in [6, 6.07) is 41.0. The first kappa shape index (κ1) is 47.7. The number of carbonyl (C=O) groups is 2. The van der Waals surface area contributed by atoms with Crippen molar-refractivity contribution in [3.05, 3.63) is 194 Å². The van der Waals surface area contributed by atoms with Crippen molar-refractivity contribution in [2.45, 2.75) is 104 Å². The van der Waals surface area contributed by atoms with Gasteiger partial charge in [-0.05, 0) is 100 Å². The van der Waals surface area contributed by atoms with Crippen LogP contribution in [0.2, 0.25) is 5.02 Å². The molecule has 0 bridgehead atoms. The summed E-state index contributed by atoms with van der Waals surface area (Å²) in [7, 11) is -4.25. The van der Waals surface area contributed by atoms with Crippen LogP contribution in [0.15, 0.2) is 138 Å². The van der Waals surface area contributed by atoms with Crippen molar-refractivity contribution < 1.29 is 27.5 Å².